The summed E-state index contributed by atoms with van der Waals surface area (Å²) in [5.41, 5.74) is 1.47. The topological polar surface area (TPSA) is 51.2 Å². The van der Waals surface area contributed by atoms with Gasteiger partial charge in [-0.2, -0.15) is 0 Å². The number of hydrogen-bond donors (Lipinski definition) is 0. The third-order valence-electron chi connectivity index (χ3n) is 1.19. The van der Waals surface area contributed by atoms with Gasteiger partial charge in [-0.05, 0) is 13.3 Å². The number of carbonyl (C=O) groups excluding carboxylic acids is 3. The van der Waals surface area contributed by atoms with Gasteiger partial charge in [-0.25, -0.2) is 0 Å². The van der Waals surface area contributed by atoms with E-state index in [-0.39, 0.29) is 0 Å². The van der Waals surface area contributed by atoms with Crippen molar-refractivity contribution in [2.75, 3.05) is 0 Å². The molecule has 0 amide bonds. The third kappa shape index (κ3) is 5.95. The van der Waals surface area contributed by atoms with Gasteiger partial charge in [-0.1, -0.05) is 23.8 Å². The monoisotopic (exact) mass is 219 g/mol. The van der Waals surface area contributed by atoms with E-state index in [1.807, 2.05) is 0 Å². The Labute approximate surface area is 78.9 Å². The summed E-state index contributed by atoms with van der Waals surface area (Å²) >= 11 is -2.30. The van der Waals surface area contributed by atoms with Crippen molar-refractivity contribution in [3.05, 3.63) is 23.8 Å². The van der Waals surface area contributed by atoms with Crippen LogP contribution in [-0.2, 0) is 27.0 Å². The maximum atomic E-state index is 9.36. The van der Waals surface area contributed by atoms with Gasteiger partial charge in [0.05, 0.1) is 0 Å². The molecule has 0 heterocycles. The van der Waals surface area contributed by atoms with Gasteiger partial charge < -0.3 is 0 Å². The molecule has 0 saturated carbocycles. The van der Waals surface area contributed by atoms with Crippen LogP contribution in [0.25, 0.3) is 0 Å². The summed E-state index contributed by atoms with van der Waals surface area (Å²) in [5.74, 6) is 0. The minimum absolute atomic E-state index is 1.17. The standard InChI is InChI=1S/C6H8.3CO.Mn/c1-6-4-2-3-5-6;3*1-2;/h2-4H,5H2,1H3;;;;. The normalized spacial score (nSPS) is 11.3. The molecule has 0 atom stereocenters. The molecule has 0 N–H and O–H groups in total. The van der Waals surface area contributed by atoms with Crippen molar-refractivity contribution in [3.63, 3.8) is 0 Å². The molecule has 0 aromatic rings. The molecule has 4 heteroatoms. The number of rotatable bonds is 0. The van der Waals surface area contributed by atoms with Crippen LogP contribution in [0.1, 0.15) is 13.3 Å². The number of allylic oxidation sites excluding steroid dienone is 4. The summed E-state index contributed by atoms with van der Waals surface area (Å²) in [4.78, 5) is 31.7. The summed E-state index contributed by atoms with van der Waals surface area (Å²) in [6.45, 7) is 2.14. The number of hydrogen-bond acceptors (Lipinski definition) is 3. The molecular weight excluding hydrogens is 211 g/mol. The Morgan fingerprint density at radius 1 is 1.23 bits per heavy atom. The zero-order chi connectivity index (χ0) is 10.1. The summed E-state index contributed by atoms with van der Waals surface area (Å²) in [6.07, 6.45) is 7.56. The van der Waals surface area contributed by atoms with Crippen LogP contribution < -0.4 is 0 Å². The van der Waals surface area contributed by atoms with Gasteiger partial charge in [0, 0.05) is 0 Å². The fraction of sp³-hybridized carbons (Fsp3) is 0.222. The Kier molecular flexibility index (Phi) is 6.68. The van der Waals surface area contributed by atoms with Gasteiger partial charge in [-0.15, -0.1) is 0 Å². The van der Waals surface area contributed by atoms with Crippen LogP contribution in [0.3, 0.4) is 0 Å². The van der Waals surface area contributed by atoms with Crippen molar-refractivity contribution in [3.8, 4) is 0 Å². The molecule has 1 aliphatic rings. The second kappa shape index (κ2) is 7.39. The summed E-state index contributed by atoms with van der Waals surface area (Å²) < 4.78 is 0. The van der Waals surface area contributed by atoms with E-state index in [1.54, 1.807) is 0 Å². The third-order valence-corrected chi connectivity index (χ3v) is 1.91. The first-order valence-electron chi connectivity index (χ1n) is 3.40. The summed E-state index contributed by atoms with van der Waals surface area (Å²) in [5, 5.41) is 0. The van der Waals surface area contributed by atoms with E-state index in [9.17, 15) is 14.4 Å². The Balaban J connectivity index is 0.000000223. The van der Waals surface area contributed by atoms with Crippen LogP contribution in [0, 0.1) is 0 Å². The molecular formula is C9H8MnO3. The fourth-order valence-corrected chi connectivity index (χ4v) is 0.749. The first kappa shape index (κ1) is 11.7. The molecule has 69 valence electrons. The van der Waals surface area contributed by atoms with E-state index in [1.165, 1.54) is 26.4 Å². The molecule has 1 rings (SSSR count). The van der Waals surface area contributed by atoms with E-state index < -0.39 is 12.6 Å². The van der Waals surface area contributed by atoms with Crippen molar-refractivity contribution in [1.82, 2.24) is 0 Å². The van der Waals surface area contributed by atoms with Gasteiger partial charge in [0.25, 0.3) is 0 Å². The SMILES string of the molecule is CC1=CC=CC1.O=[C]=[Mn](=[C]=O)=[C]=O. The molecule has 0 spiro atoms. The van der Waals surface area contributed by atoms with E-state index in [0.29, 0.717) is 0 Å². The Hall–Kier alpha value is -1.26. The Morgan fingerprint density at radius 3 is 1.85 bits per heavy atom. The van der Waals surface area contributed by atoms with Crippen LogP contribution in [0.5, 0.6) is 0 Å². The zero-order valence-corrected chi connectivity index (χ0v) is 8.22. The molecule has 0 radical (unpaired) electrons. The zero-order valence-electron chi connectivity index (χ0n) is 7.04. The van der Waals surface area contributed by atoms with Crippen LogP contribution in [0.4, 0.5) is 0 Å². The summed E-state index contributed by atoms with van der Waals surface area (Å²) in [7, 11) is 0. The van der Waals surface area contributed by atoms with Gasteiger partial charge in [-0.3, -0.25) is 0 Å². The first-order valence-corrected chi connectivity index (χ1v) is 5.17. The molecule has 0 saturated heterocycles. The van der Waals surface area contributed by atoms with Gasteiger partial charge in [0.1, 0.15) is 0 Å². The summed E-state index contributed by atoms with van der Waals surface area (Å²) in [6, 6.07) is 0. The van der Waals surface area contributed by atoms with Crippen molar-refractivity contribution in [1.29, 1.82) is 0 Å². The van der Waals surface area contributed by atoms with Crippen molar-refractivity contribution in [2.24, 2.45) is 0 Å². The maximum absolute atomic E-state index is 9.36. The van der Waals surface area contributed by atoms with Crippen molar-refractivity contribution in [2.45, 2.75) is 13.3 Å². The van der Waals surface area contributed by atoms with E-state index in [0.717, 1.165) is 0 Å². The van der Waals surface area contributed by atoms with Crippen LogP contribution in [0.2, 0.25) is 0 Å². The molecule has 1 aliphatic carbocycles. The first-order chi connectivity index (χ1) is 6.24. The second-order valence-corrected chi connectivity index (χ2v) is 3.77. The Morgan fingerprint density at radius 2 is 1.77 bits per heavy atom. The van der Waals surface area contributed by atoms with E-state index in [4.69, 9.17) is 0 Å². The molecule has 3 nitrogen and oxygen atoms in total. The van der Waals surface area contributed by atoms with Crippen molar-refractivity contribution < 1.29 is 27.0 Å². The van der Waals surface area contributed by atoms with Crippen LogP contribution in [-0.4, -0.2) is 14.4 Å². The predicted octanol–water partition coefficient (Wildman–Crippen LogP) is 0.699. The molecule has 0 unspecified atom stereocenters. The van der Waals surface area contributed by atoms with Gasteiger partial charge in [0.15, 0.2) is 0 Å². The second-order valence-electron chi connectivity index (χ2n) is 2.16. The molecule has 0 bridgehead atoms. The average Bonchev–Trinajstić information content (AvgIpc) is 2.60. The van der Waals surface area contributed by atoms with Gasteiger partial charge >= 0.3 is 41.3 Å². The Bertz CT molecular complexity index is 390. The van der Waals surface area contributed by atoms with Crippen LogP contribution >= 0.6 is 0 Å². The minimum atomic E-state index is -2.30. The molecule has 13 heavy (non-hydrogen) atoms. The van der Waals surface area contributed by atoms with E-state index >= 15 is 0 Å². The quantitative estimate of drug-likeness (QED) is 0.563. The molecule has 0 aliphatic heterocycles. The average molecular weight is 219 g/mol. The fourth-order valence-electron chi connectivity index (χ4n) is 0.602. The van der Waals surface area contributed by atoms with Crippen molar-refractivity contribution >= 4 is 14.4 Å². The predicted molar refractivity (Wildman–Crippen MR) is 44.6 cm³/mol. The van der Waals surface area contributed by atoms with E-state index in [2.05, 4.69) is 25.2 Å². The molecule has 0 fully saturated rings. The molecule has 0 aromatic carbocycles. The van der Waals surface area contributed by atoms with Gasteiger partial charge in [0.2, 0.25) is 0 Å². The molecule has 0 aromatic heterocycles. The van der Waals surface area contributed by atoms with Crippen LogP contribution in [0.15, 0.2) is 23.8 Å².